The molecule has 0 aliphatic carbocycles. The molecule has 0 unspecified atom stereocenters. The molecule has 0 amide bonds. The van der Waals surface area contributed by atoms with Crippen molar-refractivity contribution < 1.29 is 41.0 Å². The van der Waals surface area contributed by atoms with E-state index in [1.54, 1.807) is 30.3 Å². The van der Waals surface area contributed by atoms with Gasteiger partial charge in [-0.2, -0.15) is 0 Å². The Morgan fingerprint density at radius 3 is 2.18 bits per heavy atom. The van der Waals surface area contributed by atoms with Crippen molar-refractivity contribution in [1.29, 1.82) is 0 Å². The zero-order valence-electron chi connectivity index (χ0n) is 39.9. The molecule has 0 spiro atoms. The summed E-state index contributed by atoms with van der Waals surface area (Å²) in [6.45, 7) is 1.55. The SMILES string of the molecule is [2H]C([2H])([2H])c1c[c-]c(-c2ccc(C([2H])([2H])[2H])cn2)cc1.[2H]C([2H])([2H])c1ccc2c(n1)oc1c(-c3cc(-c4c(C)cc(CC(C)(C)C)cc4C)c(C([2H])([2H])[2H])cn3)[c-]ccc12.[Ir]. The number of benzene rings is 3. The zero-order valence-corrected chi connectivity index (χ0v) is 30.3. The summed E-state index contributed by atoms with van der Waals surface area (Å²) < 4.78 is 97.5. The third kappa shape index (κ3) is 8.07. The summed E-state index contributed by atoms with van der Waals surface area (Å²) in [5.74, 6) is 0. The molecule has 0 N–H and O–H groups in total. The number of fused-ring (bicyclic) bond motifs is 3. The Bertz CT molecular complexity index is 2590. The van der Waals surface area contributed by atoms with Gasteiger partial charge in [-0.1, -0.05) is 68.9 Å². The Kier molecular flexibility index (Phi) is 6.86. The van der Waals surface area contributed by atoms with Crippen molar-refractivity contribution in [2.75, 3.05) is 0 Å². The number of pyridine rings is 3. The van der Waals surface area contributed by atoms with Gasteiger partial charge >= 0.3 is 0 Å². The van der Waals surface area contributed by atoms with Gasteiger partial charge in [0.15, 0.2) is 0 Å². The van der Waals surface area contributed by atoms with E-state index in [0.29, 0.717) is 39.0 Å². The average molecular weight is 834 g/mol. The molecule has 0 aliphatic rings. The van der Waals surface area contributed by atoms with Crippen molar-refractivity contribution in [3.05, 3.63) is 136 Å². The van der Waals surface area contributed by atoms with Crippen molar-refractivity contribution in [2.24, 2.45) is 5.41 Å². The molecule has 1 radical (unpaired) electrons. The van der Waals surface area contributed by atoms with E-state index in [1.807, 2.05) is 19.9 Å². The molecule has 0 atom stereocenters. The van der Waals surface area contributed by atoms with Gasteiger partial charge in [-0.15, -0.1) is 53.6 Å². The van der Waals surface area contributed by atoms with E-state index in [4.69, 9.17) is 20.9 Å². The third-order valence-electron chi connectivity index (χ3n) is 7.91. The van der Waals surface area contributed by atoms with Crippen LogP contribution in [0.5, 0.6) is 0 Å². The van der Waals surface area contributed by atoms with Gasteiger partial charge in [0.25, 0.3) is 0 Å². The second-order valence-corrected chi connectivity index (χ2v) is 13.1. The van der Waals surface area contributed by atoms with Crippen LogP contribution in [0.4, 0.5) is 0 Å². The van der Waals surface area contributed by atoms with Crippen LogP contribution in [0, 0.1) is 58.8 Å². The number of nitrogens with zero attached hydrogens (tertiary/aromatic N) is 3. The first-order chi connectivity index (χ1) is 27.7. The average Bonchev–Trinajstić information content (AvgIpc) is 3.51. The fourth-order valence-electron chi connectivity index (χ4n) is 5.94. The number of hydrogen-bond donors (Lipinski definition) is 0. The predicted molar refractivity (Wildman–Crippen MR) is 199 cm³/mol. The number of hydrogen-bond acceptors (Lipinski definition) is 4. The predicted octanol–water partition coefficient (Wildman–Crippen LogP) is 11.5. The van der Waals surface area contributed by atoms with Crippen LogP contribution < -0.4 is 0 Å². The second-order valence-electron chi connectivity index (χ2n) is 13.1. The van der Waals surface area contributed by atoms with Crippen molar-refractivity contribution >= 4 is 22.1 Å². The summed E-state index contributed by atoms with van der Waals surface area (Å²) in [5, 5.41) is 1.43. The molecule has 0 saturated heterocycles. The van der Waals surface area contributed by atoms with E-state index in [1.165, 1.54) is 42.2 Å². The number of rotatable bonds is 4. The Morgan fingerprint density at radius 2 is 1.53 bits per heavy atom. The molecule has 4 heterocycles. The van der Waals surface area contributed by atoms with E-state index >= 15 is 0 Å². The van der Waals surface area contributed by atoms with Gasteiger partial charge in [-0.3, -0.25) is 0 Å². The zero-order chi connectivity index (χ0) is 44.2. The molecule has 0 saturated carbocycles. The quantitative estimate of drug-likeness (QED) is 0.166. The number of furan rings is 1. The molecular formula is C44H43IrN3O-2. The molecule has 251 valence electrons. The molecule has 7 rings (SSSR count). The Labute approximate surface area is 321 Å². The van der Waals surface area contributed by atoms with Crippen LogP contribution in [0.15, 0.2) is 89.6 Å². The molecular weight excluding hydrogens is 779 g/mol. The standard InChI is InChI=1S/C31H31N2O.C13H12N.Ir/c1-18-13-22(16-31(5,6)7)14-19(2)28(18)26-15-27(32-17-20(26)3)25-10-8-9-23-24-12-11-21(4)33-30(24)34-29(23)25;1-10-3-6-12(7-4-10)13-8-5-11(2)9-14-13;/h8-9,11-15,17H,16H2,1-7H3;3-6,8-9H,1-2H3;/q2*-1;/i3D3,4D3;1D3,2D3;. The minimum absolute atomic E-state index is 0. The third-order valence-corrected chi connectivity index (χ3v) is 7.91. The summed E-state index contributed by atoms with van der Waals surface area (Å²) in [5.41, 5.74) is 8.17. The van der Waals surface area contributed by atoms with E-state index in [-0.39, 0.29) is 53.6 Å². The van der Waals surface area contributed by atoms with Gasteiger partial charge < -0.3 is 14.4 Å². The maximum absolute atomic E-state index is 8.23. The van der Waals surface area contributed by atoms with Crippen LogP contribution in [0.1, 0.15) is 76.3 Å². The molecule has 7 aromatic rings. The first-order valence-electron chi connectivity index (χ1n) is 21.6. The van der Waals surface area contributed by atoms with E-state index in [0.717, 1.165) is 28.5 Å². The second kappa shape index (κ2) is 14.6. The van der Waals surface area contributed by atoms with Crippen molar-refractivity contribution in [3.8, 4) is 33.6 Å². The smallest absolute Gasteiger partial charge is 0.216 e. The topological polar surface area (TPSA) is 51.8 Å². The van der Waals surface area contributed by atoms with Crippen molar-refractivity contribution in [1.82, 2.24) is 15.0 Å². The summed E-state index contributed by atoms with van der Waals surface area (Å²) in [6.07, 6.45) is 3.62. The molecule has 4 nitrogen and oxygen atoms in total. The fraction of sp³-hybridized carbons (Fsp3) is 0.250. The van der Waals surface area contributed by atoms with Crippen molar-refractivity contribution in [2.45, 2.75) is 68.4 Å². The normalized spacial score (nSPS) is 15.9. The van der Waals surface area contributed by atoms with Gasteiger partial charge in [0.2, 0.25) is 5.71 Å². The maximum atomic E-state index is 8.23. The van der Waals surface area contributed by atoms with Crippen LogP contribution in [0.3, 0.4) is 0 Å². The summed E-state index contributed by atoms with van der Waals surface area (Å²) in [4.78, 5) is 12.9. The largest absolute Gasteiger partial charge is 0.486 e. The monoisotopic (exact) mass is 834 g/mol. The number of aromatic nitrogens is 3. The van der Waals surface area contributed by atoms with Crippen LogP contribution in [-0.2, 0) is 26.5 Å². The van der Waals surface area contributed by atoms with Gasteiger partial charge in [-0.25, -0.2) is 4.98 Å². The molecule has 0 bridgehead atoms. The maximum Gasteiger partial charge on any atom is 0.216 e. The molecule has 3 aromatic carbocycles. The van der Waals surface area contributed by atoms with E-state index in [2.05, 4.69) is 60.0 Å². The van der Waals surface area contributed by atoms with Gasteiger partial charge in [0, 0.05) is 60.0 Å². The van der Waals surface area contributed by atoms with Crippen LogP contribution in [-0.4, -0.2) is 15.0 Å². The van der Waals surface area contributed by atoms with Crippen LogP contribution in [0.25, 0.3) is 55.7 Å². The number of aryl methyl sites for hydroxylation is 6. The fourth-order valence-corrected chi connectivity index (χ4v) is 5.94. The Hall–Kier alpha value is -4.44. The Balaban J connectivity index is 0.000000282. The van der Waals surface area contributed by atoms with Gasteiger partial charge in [0.05, 0.1) is 5.58 Å². The van der Waals surface area contributed by atoms with Crippen molar-refractivity contribution in [3.63, 3.8) is 0 Å². The summed E-state index contributed by atoms with van der Waals surface area (Å²) in [6, 6.07) is 26.5. The summed E-state index contributed by atoms with van der Waals surface area (Å²) in [7, 11) is 0. The van der Waals surface area contributed by atoms with Crippen LogP contribution >= 0.6 is 0 Å². The van der Waals surface area contributed by atoms with E-state index < -0.39 is 27.4 Å². The molecule has 5 heteroatoms. The molecule has 4 aromatic heterocycles. The minimum Gasteiger partial charge on any atom is -0.486 e. The molecule has 0 aliphatic heterocycles. The molecule has 0 fully saturated rings. The first-order valence-corrected chi connectivity index (χ1v) is 15.6. The first kappa shape index (κ1) is 23.1. The summed E-state index contributed by atoms with van der Waals surface area (Å²) >= 11 is 0. The molecule has 49 heavy (non-hydrogen) atoms. The van der Waals surface area contributed by atoms with Crippen LogP contribution in [0.2, 0.25) is 0 Å². The van der Waals surface area contributed by atoms with Gasteiger partial charge in [0.1, 0.15) is 0 Å². The van der Waals surface area contributed by atoms with E-state index in [9.17, 15) is 0 Å². The Morgan fingerprint density at radius 1 is 0.755 bits per heavy atom. The minimum atomic E-state index is -2.37. The van der Waals surface area contributed by atoms with Gasteiger partial charge in [-0.05, 0) is 109 Å².